The molecule has 8 nitrogen and oxygen atoms in total. The molecule has 1 aliphatic heterocycles. The Morgan fingerprint density at radius 1 is 1.20 bits per heavy atom. The van der Waals surface area contributed by atoms with E-state index in [0.717, 1.165) is 0 Å². The molecule has 0 saturated carbocycles. The van der Waals surface area contributed by atoms with Gasteiger partial charge in [0, 0.05) is 4.57 Å². The number of aliphatic hydroxyl groups excluding tert-OH is 4. The Bertz CT molecular complexity index is 233. The molecule has 1 heterocycles. The largest absolute Gasteiger partial charge is 0.697 e. The maximum Gasteiger partial charge on any atom is 0.697 e. The van der Waals surface area contributed by atoms with Gasteiger partial charge >= 0.3 is 8.25 Å². The highest BCUT2D eigenvalue weighted by Gasteiger charge is 2.47. The number of hydrogen-bond acceptors (Lipinski definition) is 7. The van der Waals surface area contributed by atoms with Crippen LogP contribution in [-0.4, -0.2) is 62.6 Å². The van der Waals surface area contributed by atoms with Gasteiger partial charge in [-0.2, -0.15) is 0 Å². The van der Waals surface area contributed by atoms with E-state index in [0.29, 0.717) is 0 Å². The molecule has 0 aliphatic carbocycles. The number of hydrogen-bond donors (Lipinski definition) is 5. The molecule has 6 unspecified atom stereocenters. The van der Waals surface area contributed by atoms with Crippen LogP contribution in [0, 0.1) is 0 Å². The van der Waals surface area contributed by atoms with Crippen molar-refractivity contribution in [3.8, 4) is 0 Å². The first-order valence-electron chi connectivity index (χ1n) is 4.10. The monoisotopic (exact) mass is 243 g/mol. The fraction of sp³-hybridized carbons (Fsp3) is 1.00. The summed E-state index contributed by atoms with van der Waals surface area (Å²) in [5.74, 6) is 0. The van der Waals surface area contributed by atoms with Crippen LogP contribution in [0.1, 0.15) is 0 Å². The van der Waals surface area contributed by atoms with Crippen molar-refractivity contribution in [1.29, 1.82) is 0 Å². The quantitative estimate of drug-likeness (QED) is 0.342. The minimum atomic E-state index is -3.02. The van der Waals surface area contributed by atoms with E-state index in [4.69, 9.17) is 14.7 Å². The van der Waals surface area contributed by atoms with Gasteiger partial charge in [-0.15, -0.1) is 4.89 Å². The van der Waals surface area contributed by atoms with Gasteiger partial charge in [0.1, 0.15) is 24.4 Å². The second kappa shape index (κ2) is 5.24. The maximum absolute atomic E-state index is 10.3. The van der Waals surface area contributed by atoms with Crippen LogP contribution in [0.3, 0.4) is 0 Å². The lowest BCUT2D eigenvalue weighted by molar-refractivity contribution is -0.277. The molecule has 1 aliphatic rings. The molecule has 0 bridgehead atoms. The van der Waals surface area contributed by atoms with Crippen LogP contribution in [0.15, 0.2) is 0 Å². The van der Waals surface area contributed by atoms with Crippen LogP contribution in [0.5, 0.6) is 0 Å². The van der Waals surface area contributed by atoms with E-state index in [9.17, 15) is 19.9 Å². The van der Waals surface area contributed by atoms with Crippen molar-refractivity contribution in [1.82, 2.24) is 0 Å². The van der Waals surface area contributed by atoms with E-state index in [1.165, 1.54) is 0 Å². The summed E-state index contributed by atoms with van der Waals surface area (Å²) < 4.78 is 19.4. The average molecular weight is 243 g/mol. The molecular weight excluding hydrogens is 231 g/mol. The second-order valence-corrected chi connectivity index (χ2v) is 3.73. The van der Waals surface area contributed by atoms with Gasteiger partial charge in [0.25, 0.3) is 0 Å². The Balaban J connectivity index is 2.69. The molecule has 6 atom stereocenters. The fourth-order valence-corrected chi connectivity index (χ4v) is 1.60. The Kier molecular flexibility index (Phi) is 4.50. The van der Waals surface area contributed by atoms with Gasteiger partial charge in [0.05, 0.1) is 6.61 Å². The van der Waals surface area contributed by atoms with Gasteiger partial charge in [-0.3, -0.25) is 0 Å². The predicted octanol–water partition coefficient (Wildman–Crippen LogP) is -2.55. The molecule has 0 amide bonds. The second-order valence-electron chi connectivity index (χ2n) is 3.04. The lowest BCUT2D eigenvalue weighted by Crippen LogP contribution is -2.58. The van der Waals surface area contributed by atoms with E-state index in [1.807, 2.05) is 0 Å². The molecule has 1 rings (SSSR count). The van der Waals surface area contributed by atoms with E-state index in [1.54, 1.807) is 0 Å². The van der Waals surface area contributed by atoms with Crippen molar-refractivity contribution >= 4 is 8.25 Å². The van der Waals surface area contributed by atoms with Crippen LogP contribution < -0.4 is 0 Å². The van der Waals surface area contributed by atoms with Gasteiger partial charge in [-0.05, 0) is 0 Å². The Hall–Kier alpha value is -0.180. The van der Waals surface area contributed by atoms with Crippen molar-refractivity contribution in [3.05, 3.63) is 0 Å². The van der Waals surface area contributed by atoms with E-state index >= 15 is 0 Å². The van der Waals surface area contributed by atoms with Gasteiger partial charge in [-0.1, -0.05) is 4.52 Å². The molecule has 0 aromatic rings. The van der Waals surface area contributed by atoms with Crippen LogP contribution in [0.4, 0.5) is 0 Å². The van der Waals surface area contributed by atoms with Crippen LogP contribution in [-0.2, 0) is 13.8 Å². The number of ether oxygens (including phenoxy) is 1. The lowest BCUT2D eigenvalue weighted by Gasteiger charge is -2.36. The minimum Gasteiger partial charge on any atom is -0.394 e. The molecule has 88 valence electrons. The third kappa shape index (κ3) is 2.90. The normalized spacial score (nSPS) is 42.7. The third-order valence-electron chi connectivity index (χ3n) is 2.04. The smallest absolute Gasteiger partial charge is 0.394 e. The fourth-order valence-electron chi connectivity index (χ4n) is 1.24. The van der Waals surface area contributed by atoms with E-state index in [-0.39, 0.29) is 0 Å². The summed E-state index contributed by atoms with van der Waals surface area (Å²) in [5.41, 5.74) is 0. The van der Waals surface area contributed by atoms with Crippen molar-refractivity contribution in [2.45, 2.75) is 30.7 Å². The van der Waals surface area contributed by atoms with Crippen molar-refractivity contribution in [2.75, 3.05) is 6.61 Å². The Morgan fingerprint density at radius 2 is 1.80 bits per heavy atom. The molecule has 1 saturated heterocycles. The summed E-state index contributed by atoms with van der Waals surface area (Å²) in [4.78, 5) is 8.42. The van der Waals surface area contributed by atoms with Crippen molar-refractivity contribution in [3.63, 3.8) is 0 Å². The molecule has 9 heteroatoms. The zero-order chi connectivity index (χ0) is 11.6. The summed E-state index contributed by atoms with van der Waals surface area (Å²) in [6.45, 7) is -0.618. The number of rotatable bonds is 3. The van der Waals surface area contributed by atoms with Gasteiger partial charge < -0.3 is 25.2 Å². The maximum atomic E-state index is 10.3. The van der Waals surface area contributed by atoms with Crippen LogP contribution in [0.2, 0.25) is 0 Å². The van der Waals surface area contributed by atoms with Gasteiger partial charge in [0.2, 0.25) is 6.29 Å². The average Bonchev–Trinajstić information content (AvgIpc) is 2.18. The van der Waals surface area contributed by atoms with Crippen molar-refractivity contribution in [2.24, 2.45) is 0 Å². The van der Waals surface area contributed by atoms with E-state index < -0.39 is 45.6 Å². The molecule has 0 aromatic heterocycles. The van der Waals surface area contributed by atoms with Gasteiger partial charge in [-0.25, -0.2) is 0 Å². The summed E-state index contributed by atoms with van der Waals surface area (Å²) in [6.07, 6.45) is -7.50. The summed E-state index contributed by atoms with van der Waals surface area (Å²) in [5, 5.41) is 36.6. The van der Waals surface area contributed by atoms with Crippen LogP contribution >= 0.6 is 8.25 Å². The Labute approximate surface area is 85.6 Å². The molecule has 0 radical (unpaired) electrons. The predicted molar refractivity (Wildman–Crippen MR) is 44.7 cm³/mol. The summed E-state index contributed by atoms with van der Waals surface area (Å²) in [6, 6.07) is 0. The zero-order valence-corrected chi connectivity index (χ0v) is 8.40. The highest BCUT2D eigenvalue weighted by atomic mass is 31.1. The zero-order valence-electron chi connectivity index (χ0n) is 7.50. The standard InChI is InChI=1S/C6H11O8P/c7-1-2-3(8)4(9)5(10)6(13-2)14-15(11)12/h2-10H,1H2/p+1. The topological polar surface area (TPSA) is 137 Å². The molecule has 0 spiro atoms. The third-order valence-corrected chi connectivity index (χ3v) is 2.43. The summed E-state index contributed by atoms with van der Waals surface area (Å²) >= 11 is 0. The number of aliphatic hydroxyl groups is 4. The first-order valence-corrected chi connectivity index (χ1v) is 5.23. The minimum absolute atomic E-state index is 0.618. The Morgan fingerprint density at radius 3 is 2.27 bits per heavy atom. The molecule has 15 heavy (non-hydrogen) atoms. The summed E-state index contributed by atoms with van der Waals surface area (Å²) in [7, 11) is -3.02. The molecule has 5 N–H and O–H groups in total. The van der Waals surface area contributed by atoms with Gasteiger partial charge in [0.15, 0.2) is 0 Å². The van der Waals surface area contributed by atoms with Crippen molar-refractivity contribution < 1.29 is 39.1 Å². The lowest BCUT2D eigenvalue weighted by atomic mass is 10.00. The first-order chi connectivity index (χ1) is 6.97. The molecule has 0 aromatic carbocycles. The van der Waals surface area contributed by atoms with E-state index in [2.05, 4.69) is 4.52 Å². The SMILES string of the molecule is O=[P+](O)OC1OC(CO)C(O)C(O)C1O. The highest BCUT2D eigenvalue weighted by molar-refractivity contribution is 7.32. The van der Waals surface area contributed by atoms with Crippen LogP contribution in [0.25, 0.3) is 0 Å². The first kappa shape index (κ1) is 12.9. The highest BCUT2D eigenvalue weighted by Crippen LogP contribution is 2.28. The molecular formula is C6H12O8P+. The molecule has 1 fully saturated rings.